The zero-order valence-corrected chi connectivity index (χ0v) is 25.9. The Hall–Kier alpha value is -3.72. The van der Waals surface area contributed by atoms with Crippen LogP contribution in [0.2, 0.25) is 0 Å². The Kier molecular flexibility index (Phi) is 17.4. The summed E-state index contributed by atoms with van der Waals surface area (Å²) in [7, 11) is 1.38. The minimum Gasteiger partial charge on any atom is -0.508 e. The maximum Gasteiger partial charge on any atom is 0.247 e. The van der Waals surface area contributed by atoms with E-state index >= 15 is 0 Å². The highest BCUT2D eigenvalue weighted by Gasteiger charge is 2.07. The van der Waals surface area contributed by atoms with Gasteiger partial charge in [-0.25, -0.2) is 0 Å². The van der Waals surface area contributed by atoms with Crippen LogP contribution in [0.25, 0.3) is 0 Å². The lowest BCUT2D eigenvalue weighted by Gasteiger charge is -2.12. The van der Waals surface area contributed by atoms with Crippen molar-refractivity contribution in [2.75, 3.05) is 17.6 Å². The van der Waals surface area contributed by atoms with Crippen LogP contribution in [0, 0.1) is 0 Å². The molecule has 0 saturated carbocycles. The van der Waals surface area contributed by atoms with E-state index in [-0.39, 0.29) is 11.7 Å². The molecule has 1 aromatic rings. The number of aliphatic hydroxyl groups excluding tert-OH is 1. The molecule has 0 spiro atoms. The number of benzene rings is 1. The van der Waals surface area contributed by atoms with E-state index in [4.69, 9.17) is 4.84 Å². The molecule has 0 atom stereocenters. The van der Waals surface area contributed by atoms with Crippen LogP contribution in [-0.2, 0) is 16.2 Å². The van der Waals surface area contributed by atoms with Crippen LogP contribution in [0.4, 0.5) is 5.69 Å². The third-order valence-electron chi connectivity index (χ3n) is 5.97. The molecule has 1 aromatic carbocycles. The van der Waals surface area contributed by atoms with Crippen molar-refractivity contribution >= 4 is 23.5 Å². The van der Waals surface area contributed by atoms with Crippen LogP contribution in [0.1, 0.15) is 53.0 Å². The molecule has 0 aliphatic rings. The standard InChI is InChI=1S/C33H45N3O4S/c1-8-13-32(37)21-16-25(5)29(10-3)19-20-30(11-4)33(38)34-23-28-14-12-15-31(22-28)35-41-24-27(9-2)18-17-26(6)36(39)40-7/h8-9,12-22,35,37,39H,2,10-11,23-24H2,1,3-7H3,(H,34,38)/b13-8-,25-16+,26-17+,27-18+,29-19+,30-20+,32-21+. The van der Waals surface area contributed by atoms with Gasteiger partial charge in [-0.1, -0.05) is 69.0 Å². The normalized spacial score (nSPS) is 13.9. The Bertz CT molecular complexity index is 1220. The first-order valence-corrected chi connectivity index (χ1v) is 14.6. The molecule has 0 radical (unpaired) electrons. The van der Waals surface area contributed by atoms with Crippen molar-refractivity contribution in [3.63, 3.8) is 0 Å². The van der Waals surface area contributed by atoms with Crippen LogP contribution in [-0.4, -0.2) is 34.3 Å². The molecule has 7 nitrogen and oxygen atoms in total. The predicted octanol–water partition coefficient (Wildman–Crippen LogP) is 8.27. The Morgan fingerprint density at radius 1 is 1.07 bits per heavy atom. The van der Waals surface area contributed by atoms with Gasteiger partial charge < -0.3 is 15.1 Å². The molecule has 0 aliphatic heterocycles. The summed E-state index contributed by atoms with van der Waals surface area (Å²) in [4.78, 5) is 17.6. The Morgan fingerprint density at radius 3 is 2.41 bits per heavy atom. The van der Waals surface area contributed by atoms with Crippen LogP contribution in [0.3, 0.4) is 0 Å². The van der Waals surface area contributed by atoms with E-state index in [1.54, 1.807) is 37.3 Å². The number of carbonyl (C=O) groups excluding carboxylic acids is 1. The van der Waals surface area contributed by atoms with Crippen molar-refractivity contribution in [1.29, 1.82) is 0 Å². The summed E-state index contributed by atoms with van der Waals surface area (Å²) in [6.07, 6.45) is 17.6. The lowest BCUT2D eigenvalue weighted by Crippen LogP contribution is -2.24. The second kappa shape index (κ2) is 20.2. The summed E-state index contributed by atoms with van der Waals surface area (Å²) < 4.78 is 3.33. The number of nitrogens with one attached hydrogen (secondary N) is 2. The van der Waals surface area contributed by atoms with Crippen LogP contribution in [0.5, 0.6) is 0 Å². The van der Waals surface area contributed by atoms with Crippen molar-refractivity contribution in [3.05, 3.63) is 125 Å². The van der Waals surface area contributed by atoms with E-state index in [0.717, 1.165) is 34.4 Å². The smallest absolute Gasteiger partial charge is 0.247 e. The van der Waals surface area contributed by atoms with Crippen LogP contribution in [0.15, 0.2) is 119 Å². The molecule has 4 N–H and O–H groups in total. The van der Waals surface area contributed by atoms with E-state index < -0.39 is 0 Å². The number of allylic oxidation sites excluding steroid dienone is 12. The highest BCUT2D eigenvalue weighted by molar-refractivity contribution is 8.00. The molecule has 0 saturated heterocycles. The summed E-state index contributed by atoms with van der Waals surface area (Å²) in [6.45, 7) is 13.9. The molecule has 8 heteroatoms. The van der Waals surface area contributed by atoms with Gasteiger partial charge in [-0.2, -0.15) is 0 Å². The average Bonchev–Trinajstić information content (AvgIpc) is 2.98. The van der Waals surface area contributed by atoms with Gasteiger partial charge in [0.05, 0.1) is 12.8 Å². The average molecular weight is 580 g/mol. The Balaban J connectivity index is 2.80. The molecule has 0 aromatic heterocycles. The maximum absolute atomic E-state index is 12.9. The van der Waals surface area contributed by atoms with E-state index in [1.807, 2.05) is 69.3 Å². The van der Waals surface area contributed by atoms with Gasteiger partial charge in [0.2, 0.25) is 5.91 Å². The third-order valence-corrected chi connectivity index (χ3v) is 6.83. The first-order chi connectivity index (χ1) is 19.7. The molecule has 1 rings (SSSR count). The predicted molar refractivity (Wildman–Crippen MR) is 173 cm³/mol. The van der Waals surface area contributed by atoms with Crippen molar-refractivity contribution in [3.8, 4) is 0 Å². The zero-order valence-electron chi connectivity index (χ0n) is 25.1. The van der Waals surface area contributed by atoms with Gasteiger partial charge in [0.1, 0.15) is 5.76 Å². The largest absolute Gasteiger partial charge is 0.508 e. The first-order valence-electron chi connectivity index (χ1n) is 13.6. The van der Waals surface area contributed by atoms with Crippen molar-refractivity contribution in [2.24, 2.45) is 0 Å². The van der Waals surface area contributed by atoms with Gasteiger partial charge in [0, 0.05) is 23.6 Å². The SMILES string of the molecule is C=C/C(=C\C=C(/C)N(O)OC)CSNc1cccc(CNC(=O)/C(=C/C=C(CC)/C(C)=C/C=C(O)\C=C/C)CC)c1. The fraction of sp³-hybridized carbons (Fsp3) is 0.303. The summed E-state index contributed by atoms with van der Waals surface area (Å²) in [5.74, 6) is 0.758. The highest BCUT2D eigenvalue weighted by Crippen LogP contribution is 2.18. The monoisotopic (exact) mass is 579 g/mol. The summed E-state index contributed by atoms with van der Waals surface area (Å²) in [5, 5.41) is 23.1. The highest BCUT2D eigenvalue weighted by atomic mass is 32.2. The number of rotatable bonds is 17. The summed E-state index contributed by atoms with van der Waals surface area (Å²) in [5.41, 5.74) is 6.25. The van der Waals surface area contributed by atoms with Crippen LogP contribution >= 0.6 is 11.9 Å². The third kappa shape index (κ3) is 14.0. The number of aliphatic hydroxyl groups is 1. The molecule has 0 unspecified atom stereocenters. The maximum atomic E-state index is 12.9. The van der Waals surface area contributed by atoms with Gasteiger partial charge in [-0.05, 0) is 98.2 Å². The molecule has 0 fully saturated rings. The lowest BCUT2D eigenvalue weighted by atomic mass is 10.0. The van der Waals surface area contributed by atoms with Crippen LogP contribution < -0.4 is 10.0 Å². The van der Waals surface area contributed by atoms with E-state index in [2.05, 4.69) is 23.5 Å². The number of amides is 1. The topological polar surface area (TPSA) is 94.1 Å². The van der Waals surface area contributed by atoms with Gasteiger partial charge in [0.25, 0.3) is 0 Å². The fourth-order valence-corrected chi connectivity index (χ4v) is 4.23. The summed E-state index contributed by atoms with van der Waals surface area (Å²) in [6, 6.07) is 7.90. The second-order valence-electron chi connectivity index (χ2n) is 9.02. The first kappa shape index (κ1) is 35.3. The van der Waals surface area contributed by atoms with E-state index in [9.17, 15) is 15.1 Å². The number of nitrogens with zero attached hydrogens (tertiary/aromatic N) is 1. The summed E-state index contributed by atoms with van der Waals surface area (Å²) >= 11 is 1.51. The number of hydrogen-bond acceptors (Lipinski definition) is 7. The van der Waals surface area contributed by atoms with Crippen molar-refractivity contribution in [2.45, 2.75) is 54.0 Å². The molecular weight excluding hydrogens is 534 g/mol. The lowest BCUT2D eigenvalue weighted by molar-refractivity contribution is -0.298. The number of anilines is 1. The van der Waals surface area contributed by atoms with Gasteiger partial charge in [0.15, 0.2) is 0 Å². The van der Waals surface area contributed by atoms with Gasteiger partial charge in [-0.15, -0.1) is 5.23 Å². The Labute approximate surface area is 250 Å². The van der Waals surface area contributed by atoms with E-state index in [0.29, 0.717) is 35.2 Å². The van der Waals surface area contributed by atoms with Crippen molar-refractivity contribution in [1.82, 2.24) is 10.5 Å². The zero-order chi connectivity index (χ0) is 30.6. The molecule has 0 bridgehead atoms. The molecule has 0 heterocycles. The van der Waals surface area contributed by atoms with Crippen molar-refractivity contribution < 1.29 is 19.9 Å². The molecule has 1 amide bonds. The molecular formula is C33H45N3O4S. The van der Waals surface area contributed by atoms with Gasteiger partial charge in [-0.3, -0.25) is 14.8 Å². The fourth-order valence-electron chi connectivity index (χ4n) is 3.48. The number of carbonyl (C=O) groups is 1. The minimum atomic E-state index is -0.0989. The Morgan fingerprint density at radius 2 is 1.78 bits per heavy atom. The van der Waals surface area contributed by atoms with Gasteiger partial charge >= 0.3 is 0 Å². The molecule has 222 valence electrons. The molecule has 0 aliphatic carbocycles. The second-order valence-corrected chi connectivity index (χ2v) is 9.80. The van der Waals surface area contributed by atoms with E-state index in [1.165, 1.54) is 19.1 Å². The minimum absolute atomic E-state index is 0.0989. The number of hydrogen-bond donors (Lipinski definition) is 4. The number of hydroxylamine groups is 2. The quantitative estimate of drug-likeness (QED) is 0.0485. The molecule has 41 heavy (non-hydrogen) atoms.